The van der Waals surface area contributed by atoms with E-state index in [9.17, 15) is 22.8 Å². The summed E-state index contributed by atoms with van der Waals surface area (Å²) in [6.45, 7) is 5.34. The minimum absolute atomic E-state index is 0.123. The Morgan fingerprint density at radius 2 is 2.00 bits per heavy atom. The Balaban J connectivity index is 1.75. The predicted octanol–water partition coefficient (Wildman–Crippen LogP) is 5.58. The fraction of sp³-hybridized carbons (Fsp3) is 0.238. The van der Waals surface area contributed by atoms with E-state index in [-0.39, 0.29) is 34.2 Å². The van der Waals surface area contributed by atoms with E-state index in [0.717, 1.165) is 10.9 Å². The number of hydrogen-bond donors (Lipinski definition) is 1. The highest BCUT2D eigenvalue weighted by atomic mass is 32.1. The zero-order valence-electron chi connectivity index (χ0n) is 17.6. The van der Waals surface area contributed by atoms with Crippen molar-refractivity contribution >= 4 is 45.2 Å². The van der Waals surface area contributed by atoms with Gasteiger partial charge in [-0.05, 0) is 43.8 Å². The Morgan fingerprint density at radius 3 is 2.64 bits per heavy atom. The lowest BCUT2D eigenvalue weighted by molar-refractivity contribution is -0.142. The molecule has 0 unspecified atom stereocenters. The summed E-state index contributed by atoms with van der Waals surface area (Å²) in [6, 6.07) is 5.45. The van der Waals surface area contributed by atoms with Crippen molar-refractivity contribution in [1.82, 2.24) is 14.6 Å². The van der Waals surface area contributed by atoms with Crippen molar-refractivity contribution < 1.29 is 27.5 Å². The maximum absolute atomic E-state index is 13.7. The summed E-state index contributed by atoms with van der Waals surface area (Å²) in [7, 11) is 0. The molecule has 12 heteroatoms. The van der Waals surface area contributed by atoms with Gasteiger partial charge in [0.2, 0.25) is 0 Å². The van der Waals surface area contributed by atoms with E-state index in [1.807, 2.05) is 0 Å². The third kappa shape index (κ3) is 4.35. The van der Waals surface area contributed by atoms with E-state index in [1.165, 1.54) is 28.7 Å². The van der Waals surface area contributed by atoms with Crippen LogP contribution in [0.2, 0.25) is 0 Å². The van der Waals surface area contributed by atoms with Crippen molar-refractivity contribution in [2.45, 2.75) is 26.9 Å². The van der Waals surface area contributed by atoms with E-state index < -0.39 is 23.7 Å². The number of ether oxygens (including phenoxy) is 1. The van der Waals surface area contributed by atoms with Crippen LogP contribution in [0, 0.1) is 13.8 Å². The van der Waals surface area contributed by atoms with Gasteiger partial charge >= 0.3 is 12.1 Å². The van der Waals surface area contributed by atoms with Crippen LogP contribution in [0.5, 0.6) is 0 Å². The van der Waals surface area contributed by atoms with Crippen LogP contribution < -0.4 is 5.32 Å². The first-order valence-electron chi connectivity index (χ1n) is 9.70. The van der Waals surface area contributed by atoms with E-state index >= 15 is 0 Å². The molecular formula is C21H17F3N4O3S2. The molecule has 0 radical (unpaired) electrons. The lowest BCUT2D eigenvalue weighted by Gasteiger charge is -2.10. The van der Waals surface area contributed by atoms with Crippen LogP contribution in [-0.2, 0) is 10.9 Å². The van der Waals surface area contributed by atoms with Gasteiger partial charge in [0.1, 0.15) is 5.00 Å². The van der Waals surface area contributed by atoms with Gasteiger partial charge in [0.25, 0.3) is 5.91 Å². The van der Waals surface area contributed by atoms with Gasteiger partial charge in [0, 0.05) is 10.9 Å². The molecule has 0 saturated heterocycles. The predicted molar refractivity (Wildman–Crippen MR) is 119 cm³/mol. The van der Waals surface area contributed by atoms with Crippen LogP contribution in [0.1, 0.15) is 43.9 Å². The van der Waals surface area contributed by atoms with E-state index in [0.29, 0.717) is 15.0 Å². The lowest BCUT2D eigenvalue weighted by atomic mass is 10.1. The summed E-state index contributed by atoms with van der Waals surface area (Å²) in [4.78, 5) is 30.8. The Morgan fingerprint density at radius 1 is 1.24 bits per heavy atom. The van der Waals surface area contributed by atoms with Crippen LogP contribution >= 0.6 is 22.7 Å². The number of aryl methyl sites for hydroxylation is 1. The molecule has 4 heterocycles. The standard InChI is InChI=1S/C21H17F3N4O3S2/c1-4-31-20(30)17-10(2)11(3)33-19(17)26-18(29)13-9-16-25-12(14-6-5-7-32-14)8-15(21(22,23)24)28(16)27-13/h5-9H,4H2,1-3H3,(H,26,29). The van der Waals surface area contributed by atoms with E-state index in [4.69, 9.17) is 4.74 Å². The molecule has 0 aliphatic carbocycles. The van der Waals surface area contributed by atoms with Gasteiger partial charge in [0.15, 0.2) is 17.0 Å². The molecule has 0 aliphatic rings. The molecule has 0 aliphatic heterocycles. The van der Waals surface area contributed by atoms with Crippen LogP contribution in [0.15, 0.2) is 29.6 Å². The summed E-state index contributed by atoms with van der Waals surface area (Å²) in [6.07, 6.45) is -4.72. The summed E-state index contributed by atoms with van der Waals surface area (Å²) in [5.74, 6) is -1.36. The van der Waals surface area contributed by atoms with Crippen LogP contribution in [-0.4, -0.2) is 33.1 Å². The first kappa shape index (κ1) is 22.9. The minimum atomic E-state index is -4.72. The molecule has 0 bridgehead atoms. The highest BCUT2D eigenvalue weighted by Gasteiger charge is 2.36. The van der Waals surface area contributed by atoms with Crippen molar-refractivity contribution in [3.05, 3.63) is 57.0 Å². The first-order chi connectivity index (χ1) is 15.6. The van der Waals surface area contributed by atoms with Crippen molar-refractivity contribution in [1.29, 1.82) is 0 Å². The highest BCUT2D eigenvalue weighted by Crippen LogP contribution is 2.35. The van der Waals surface area contributed by atoms with Crippen LogP contribution in [0.3, 0.4) is 0 Å². The summed E-state index contributed by atoms with van der Waals surface area (Å²) in [5.41, 5.74) is -0.441. The number of alkyl halides is 3. The summed E-state index contributed by atoms with van der Waals surface area (Å²) < 4.78 is 46.8. The fourth-order valence-corrected chi connectivity index (χ4v) is 4.90. The smallest absolute Gasteiger partial charge is 0.433 e. The molecule has 0 saturated carbocycles. The molecule has 0 fully saturated rings. The van der Waals surface area contributed by atoms with Crippen LogP contribution in [0.4, 0.5) is 18.2 Å². The second kappa shape index (κ2) is 8.60. The molecule has 172 valence electrons. The molecule has 33 heavy (non-hydrogen) atoms. The number of carbonyl (C=O) groups excluding carboxylic acids is 2. The normalized spacial score (nSPS) is 11.7. The number of aromatic nitrogens is 3. The number of esters is 1. The number of anilines is 1. The molecule has 0 spiro atoms. The summed E-state index contributed by atoms with van der Waals surface area (Å²) >= 11 is 2.42. The Kier molecular flexibility index (Phi) is 5.97. The highest BCUT2D eigenvalue weighted by molar-refractivity contribution is 7.16. The quantitative estimate of drug-likeness (QED) is 0.366. The van der Waals surface area contributed by atoms with E-state index in [2.05, 4.69) is 15.4 Å². The van der Waals surface area contributed by atoms with E-state index in [1.54, 1.807) is 38.3 Å². The van der Waals surface area contributed by atoms with Gasteiger partial charge in [-0.3, -0.25) is 4.79 Å². The van der Waals surface area contributed by atoms with Crippen molar-refractivity contribution in [2.24, 2.45) is 0 Å². The topological polar surface area (TPSA) is 85.6 Å². The third-order valence-corrected chi connectivity index (χ3v) is 6.83. The van der Waals surface area contributed by atoms with Crippen LogP contribution in [0.25, 0.3) is 16.2 Å². The largest absolute Gasteiger partial charge is 0.462 e. The molecule has 4 rings (SSSR count). The second-order valence-electron chi connectivity index (χ2n) is 6.96. The number of nitrogens with one attached hydrogen (secondary N) is 1. The average Bonchev–Trinajstić information content (AvgIpc) is 3.46. The number of carbonyl (C=O) groups is 2. The number of fused-ring (bicyclic) bond motifs is 1. The van der Waals surface area contributed by atoms with Gasteiger partial charge in [-0.25, -0.2) is 14.3 Å². The SMILES string of the molecule is CCOC(=O)c1c(NC(=O)c2cc3nc(-c4cccs4)cc(C(F)(F)F)n3n2)sc(C)c1C. The number of rotatable bonds is 5. The van der Waals surface area contributed by atoms with Gasteiger partial charge in [-0.15, -0.1) is 22.7 Å². The van der Waals surface area contributed by atoms with Gasteiger partial charge < -0.3 is 10.1 Å². The number of halogens is 3. The Labute approximate surface area is 193 Å². The number of amides is 1. The Bertz CT molecular complexity index is 1360. The van der Waals surface area contributed by atoms with Crippen molar-refractivity contribution in [2.75, 3.05) is 11.9 Å². The molecule has 1 amide bonds. The number of hydrogen-bond acceptors (Lipinski definition) is 7. The third-order valence-electron chi connectivity index (χ3n) is 4.82. The molecule has 7 nitrogen and oxygen atoms in total. The van der Waals surface area contributed by atoms with Gasteiger partial charge in [-0.2, -0.15) is 18.3 Å². The Hall–Kier alpha value is -3.25. The second-order valence-corrected chi connectivity index (χ2v) is 9.14. The lowest BCUT2D eigenvalue weighted by Crippen LogP contribution is -2.16. The molecule has 4 aromatic rings. The molecule has 0 aromatic carbocycles. The van der Waals surface area contributed by atoms with Gasteiger partial charge in [-0.1, -0.05) is 6.07 Å². The summed E-state index contributed by atoms with van der Waals surface area (Å²) in [5, 5.41) is 8.41. The monoisotopic (exact) mass is 494 g/mol. The molecule has 1 N–H and O–H groups in total. The fourth-order valence-electron chi connectivity index (χ4n) is 3.17. The molecule has 4 aromatic heterocycles. The zero-order valence-corrected chi connectivity index (χ0v) is 19.2. The molecular weight excluding hydrogens is 477 g/mol. The maximum atomic E-state index is 13.7. The first-order valence-corrected chi connectivity index (χ1v) is 11.4. The maximum Gasteiger partial charge on any atom is 0.433 e. The van der Waals surface area contributed by atoms with Gasteiger partial charge in [0.05, 0.1) is 22.7 Å². The van der Waals surface area contributed by atoms with Crippen molar-refractivity contribution in [3.63, 3.8) is 0 Å². The average molecular weight is 495 g/mol. The minimum Gasteiger partial charge on any atom is -0.462 e. The molecule has 0 atom stereocenters. The number of thiophene rings is 2. The van der Waals surface area contributed by atoms with Crippen molar-refractivity contribution in [3.8, 4) is 10.6 Å². The number of nitrogens with zero attached hydrogens (tertiary/aromatic N) is 3. The zero-order chi connectivity index (χ0) is 23.9.